The van der Waals surface area contributed by atoms with Crippen molar-refractivity contribution in [3.05, 3.63) is 77.9 Å². The van der Waals surface area contributed by atoms with Crippen molar-refractivity contribution in [2.24, 2.45) is 5.92 Å². The largest absolute Gasteiger partial charge is 0.455 e. The first kappa shape index (κ1) is 23.2. The van der Waals surface area contributed by atoms with E-state index in [1.165, 1.54) is 10.6 Å². The van der Waals surface area contributed by atoms with E-state index in [0.717, 1.165) is 35.1 Å². The Bertz CT molecular complexity index is 1500. The van der Waals surface area contributed by atoms with Gasteiger partial charge in [0.05, 0.1) is 17.5 Å². The third-order valence-corrected chi connectivity index (χ3v) is 7.60. The molecule has 0 bridgehead atoms. The molecule has 0 unspecified atom stereocenters. The van der Waals surface area contributed by atoms with Crippen molar-refractivity contribution >= 4 is 32.6 Å². The summed E-state index contributed by atoms with van der Waals surface area (Å²) in [6, 6.07) is 21.1. The number of nitrogens with zero attached hydrogens (tertiary/aromatic N) is 1. The Morgan fingerprint density at radius 2 is 1.71 bits per heavy atom. The van der Waals surface area contributed by atoms with E-state index in [0.29, 0.717) is 40.4 Å². The zero-order chi connectivity index (χ0) is 24.7. The van der Waals surface area contributed by atoms with Gasteiger partial charge in [0, 0.05) is 36.2 Å². The highest BCUT2D eigenvalue weighted by molar-refractivity contribution is 7.92. The predicted octanol–water partition coefficient (Wildman–Crippen LogP) is 5.61. The van der Waals surface area contributed by atoms with Crippen molar-refractivity contribution in [1.82, 2.24) is 5.32 Å². The van der Waals surface area contributed by atoms with E-state index in [1.54, 1.807) is 13.1 Å². The van der Waals surface area contributed by atoms with Gasteiger partial charge in [-0.1, -0.05) is 60.2 Å². The van der Waals surface area contributed by atoms with Crippen LogP contribution in [0.15, 0.2) is 71.1 Å². The molecule has 0 atom stereocenters. The molecule has 4 aromatic rings. The highest BCUT2D eigenvalue weighted by Gasteiger charge is 2.32. The van der Waals surface area contributed by atoms with E-state index >= 15 is 0 Å². The summed E-state index contributed by atoms with van der Waals surface area (Å²) >= 11 is 0. The van der Waals surface area contributed by atoms with Crippen LogP contribution in [0.5, 0.6) is 0 Å². The number of sulfonamides is 1. The fourth-order valence-corrected chi connectivity index (χ4v) is 5.38. The first-order valence-corrected chi connectivity index (χ1v) is 13.5. The molecule has 35 heavy (non-hydrogen) atoms. The molecule has 0 saturated heterocycles. The van der Waals surface area contributed by atoms with Crippen molar-refractivity contribution < 1.29 is 17.6 Å². The van der Waals surface area contributed by atoms with Crippen LogP contribution in [-0.4, -0.2) is 34.2 Å². The third kappa shape index (κ3) is 4.56. The maximum absolute atomic E-state index is 13.1. The van der Waals surface area contributed by atoms with Crippen LogP contribution in [0.1, 0.15) is 28.8 Å². The summed E-state index contributed by atoms with van der Waals surface area (Å²) in [6.07, 6.45) is 3.28. The molecular formula is C28H28N2O4S. The summed E-state index contributed by atoms with van der Waals surface area (Å²) in [5.74, 6) is 0.554. The van der Waals surface area contributed by atoms with Gasteiger partial charge in [-0.15, -0.1) is 0 Å². The van der Waals surface area contributed by atoms with Crippen LogP contribution in [0.25, 0.3) is 33.4 Å². The minimum atomic E-state index is -3.54. The average Bonchev–Trinajstić information content (AvgIpc) is 3.60. The van der Waals surface area contributed by atoms with E-state index in [1.807, 2.05) is 67.6 Å². The molecule has 1 saturated carbocycles. The van der Waals surface area contributed by atoms with E-state index in [-0.39, 0.29) is 5.91 Å². The lowest BCUT2D eigenvalue weighted by molar-refractivity contribution is 0.0964. The van der Waals surface area contributed by atoms with Crippen LogP contribution >= 0.6 is 0 Å². The Balaban J connectivity index is 1.81. The summed E-state index contributed by atoms with van der Waals surface area (Å²) in [5.41, 5.74) is 4.96. The number of hydrogen-bond donors (Lipinski definition) is 1. The van der Waals surface area contributed by atoms with Gasteiger partial charge in [0.2, 0.25) is 10.0 Å². The number of amides is 1. The Hall–Kier alpha value is -3.58. The molecule has 1 amide bonds. The smallest absolute Gasteiger partial charge is 0.255 e. The molecule has 180 valence electrons. The normalized spacial score (nSPS) is 13.7. The molecule has 3 aromatic carbocycles. The van der Waals surface area contributed by atoms with E-state index in [4.69, 9.17) is 4.42 Å². The number of fused-ring (bicyclic) bond motifs is 1. The minimum Gasteiger partial charge on any atom is -0.455 e. The van der Waals surface area contributed by atoms with Crippen LogP contribution in [0.2, 0.25) is 0 Å². The summed E-state index contributed by atoms with van der Waals surface area (Å²) in [4.78, 5) is 13.1. The average molecular weight is 489 g/mol. The lowest BCUT2D eigenvalue weighted by atomic mass is 9.98. The molecule has 0 aliphatic heterocycles. The highest BCUT2D eigenvalue weighted by Crippen LogP contribution is 2.43. The molecule has 1 N–H and O–H groups in total. The highest BCUT2D eigenvalue weighted by atomic mass is 32.2. The number of furan rings is 1. The van der Waals surface area contributed by atoms with Gasteiger partial charge in [0.25, 0.3) is 5.91 Å². The number of hydrogen-bond acceptors (Lipinski definition) is 4. The molecular weight excluding hydrogens is 460 g/mol. The maximum atomic E-state index is 13.1. The topological polar surface area (TPSA) is 79.6 Å². The zero-order valence-electron chi connectivity index (χ0n) is 20.0. The van der Waals surface area contributed by atoms with Crippen LogP contribution in [-0.2, 0) is 10.0 Å². The summed E-state index contributed by atoms with van der Waals surface area (Å²) in [5, 5.41) is 3.37. The summed E-state index contributed by atoms with van der Waals surface area (Å²) < 4.78 is 33.6. The number of carbonyl (C=O) groups excluding carboxylic acids is 1. The second-order valence-corrected chi connectivity index (χ2v) is 11.1. The fraction of sp³-hybridized carbons (Fsp3) is 0.250. The Morgan fingerprint density at radius 3 is 2.31 bits per heavy atom. The van der Waals surface area contributed by atoms with Gasteiger partial charge < -0.3 is 9.73 Å². The van der Waals surface area contributed by atoms with Crippen LogP contribution in [0, 0.1) is 12.8 Å². The maximum Gasteiger partial charge on any atom is 0.255 e. The van der Waals surface area contributed by atoms with Crippen molar-refractivity contribution in [3.63, 3.8) is 0 Å². The molecule has 5 rings (SSSR count). The molecule has 1 aromatic heterocycles. The molecule has 1 fully saturated rings. The van der Waals surface area contributed by atoms with E-state index < -0.39 is 10.0 Å². The van der Waals surface area contributed by atoms with Crippen molar-refractivity contribution in [1.29, 1.82) is 0 Å². The van der Waals surface area contributed by atoms with Crippen LogP contribution in [0.3, 0.4) is 0 Å². The number of anilines is 1. The molecule has 0 radical (unpaired) electrons. The summed E-state index contributed by atoms with van der Waals surface area (Å²) in [6.45, 7) is 2.43. The first-order valence-electron chi connectivity index (χ1n) is 11.7. The molecule has 1 aliphatic rings. The predicted molar refractivity (Wildman–Crippen MR) is 140 cm³/mol. The zero-order valence-corrected chi connectivity index (χ0v) is 20.9. The number of nitrogens with one attached hydrogen (secondary N) is 1. The standard InChI is InChI=1S/C28H28N2O4S/c1-18-9-13-21(14-10-18)27-26(28(31)29-2)23-15-22(20-7-5-4-6-8-20)24(16-25(23)34-27)30(35(3,32)33)17-19-11-12-19/h4-10,13-16,19H,11-12,17H2,1-3H3,(H,29,31). The first-order chi connectivity index (χ1) is 16.8. The monoisotopic (exact) mass is 488 g/mol. The third-order valence-electron chi connectivity index (χ3n) is 6.45. The Morgan fingerprint density at radius 1 is 1.03 bits per heavy atom. The lowest BCUT2D eigenvalue weighted by Crippen LogP contribution is -2.32. The second-order valence-electron chi connectivity index (χ2n) is 9.22. The van der Waals surface area contributed by atoms with Crippen molar-refractivity contribution in [2.45, 2.75) is 19.8 Å². The van der Waals surface area contributed by atoms with Gasteiger partial charge in [-0.2, -0.15) is 0 Å². The number of aryl methyl sites for hydroxylation is 1. The Labute approximate surface area is 205 Å². The molecule has 0 spiro atoms. The van der Waals surface area contributed by atoms with Crippen LogP contribution < -0.4 is 9.62 Å². The SMILES string of the molecule is CNC(=O)c1c(-c2ccc(C)cc2)oc2cc(N(CC3CC3)S(C)(=O)=O)c(-c3ccccc3)cc12. The molecule has 1 aliphatic carbocycles. The van der Waals surface area contributed by atoms with Gasteiger partial charge in [-0.05, 0) is 37.3 Å². The minimum absolute atomic E-state index is 0.260. The van der Waals surface area contributed by atoms with Crippen molar-refractivity contribution in [2.75, 3.05) is 24.2 Å². The van der Waals surface area contributed by atoms with Gasteiger partial charge in [0.15, 0.2) is 0 Å². The quantitative estimate of drug-likeness (QED) is 0.367. The van der Waals surface area contributed by atoms with Crippen molar-refractivity contribution in [3.8, 4) is 22.5 Å². The Kier molecular flexibility index (Phi) is 5.89. The van der Waals surface area contributed by atoms with Crippen LogP contribution in [0.4, 0.5) is 5.69 Å². The van der Waals surface area contributed by atoms with Gasteiger partial charge in [-0.3, -0.25) is 9.10 Å². The summed E-state index contributed by atoms with van der Waals surface area (Å²) in [7, 11) is -1.95. The van der Waals surface area contributed by atoms with E-state index in [2.05, 4.69) is 5.32 Å². The number of benzene rings is 3. The number of carbonyl (C=O) groups is 1. The van der Waals surface area contributed by atoms with Gasteiger partial charge in [-0.25, -0.2) is 8.42 Å². The fourth-order valence-electron chi connectivity index (χ4n) is 4.39. The van der Waals surface area contributed by atoms with Gasteiger partial charge >= 0.3 is 0 Å². The van der Waals surface area contributed by atoms with Gasteiger partial charge in [0.1, 0.15) is 11.3 Å². The van der Waals surface area contributed by atoms with E-state index in [9.17, 15) is 13.2 Å². The molecule has 6 nitrogen and oxygen atoms in total. The molecule has 7 heteroatoms. The molecule has 1 heterocycles. The number of rotatable bonds is 7. The lowest BCUT2D eigenvalue weighted by Gasteiger charge is -2.25. The second kappa shape index (κ2) is 8.89.